The molecule has 0 unspecified atom stereocenters. The van der Waals surface area contributed by atoms with Crippen molar-refractivity contribution in [2.75, 3.05) is 5.75 Å². The molecule has 0 saturated carbocycles. The van der Waals surface area contributed by atoms with Crippen LogP contribution in [0.5, 0.6) is 0 Å². The van der Waals surface area contributed by atoms with Gasteiger partial charge in [-0.3, -0.25) is 9.78 Å². The van der Waals surface area contributed by atoms with Crippen LogP contribution in [0.25, 0.3) is 11.4 Å². The number of rotatable bonds is 6. The monoisotopic (exact) mass is 357 g/mol. The molecular weight excluding hydrogens is 341 g/mol. The van der Waals surface area contributed by atoms with Gasteiger partial charge in [0.15, 0.2) is 11.0 Å². The van der Waals surface area contributed by atoms with E-state index in [0.717, 1.165) is 5.56 Å². The highest BCUT2D eigenvalue weighted by Gasteiger charge is 2.15. The first-order valence-corrected chi connectivity index (χ1v) is 8.56. The van der Waals surface area contributed by atoms with Crippen molar-refractivity contribution < 1.29 is 9.18 Å². The maximum absolute atomic E-state index is 13.9. The van der Waals surface area contributed by atoms with E-state index in [1.165, 1.54) is 17.8 Å². The van der Waals surface area contributed by atoms with Gasteiger partial charge in [-0.15, -0.1) is 10.2 Å². The van der Waals surface area contributed by atoms with Crippen LogP contribution in [0, 0.1) is 5.82 Å². The molecule has 1 aromatic carbocycles. The highest BCUT2D eigenvalue weighted by atomic mass is 32.2. The van der Waals surface area contributed by atoms with Gasteiger partial charge in [-0.2, -0.15) is 0 Å². The second-order valence-corrected chi connectivity index (χ2v) is 6.21. The maximum atomic E-state index is 13.9. The lowest BCUT2D eigenvalue weighted by Crippen LogP contribution is -2.24. The molecule has 0 aliphatic carbocycles. The van der Waals surface area contributed by atoms with Gasteiger partial charge in [0.25, 0.3) is 0 Å². The number of aromatic nitrogens is 4. The highest BCUT2D eigenvalue weighted by Crippen LogP contribution is 2.24. The third-order valence-corrected chi connectivity index (χ3v) is 4.51. The molecule has 0 aliphatic rings. The van der Waals surface area contributed by atoms with Crippen LogP contribution in [-0.4, -0.2) is 31.4 Å². The quantitative estimate of drug-likeness (QED) is 0.686. The number of pyridine rings is 1. The van der Waals surface area contributed by atoms with Crippen molar-refractivity contribution in [3.05, 3.63) is 60.2 Å². The lowest BCUT2D eigenvalue weighted by atomic mass is 10.2. The minimum atomic E-state index is -0.358. The molecule has 128 valence electrons. The van der Waals surface area contributed by atoms with Crippen molar-refractivity contribution in [1.29, 1.82) is 0 Å². The molecule has 0 saturated heterocycles. The third kappa shape index (κ3) is 4.21. The summed E-state index contributed by atoms with van der Waals surface area (Å²) in [5.74, 6) is 0.146. The summed E-state index contributed by atoms with van der Waals surface area (Å²) in [6.07, 6.45) is 3.39. The predicted molar refractivity (Wildman–Crippen MR) is 93.2 cm³/mol. The smallest absolute Gasteiger partial charge is 0.230 e. The van der Waals surface area contributed by atoms with E-state index >= 15 is 0 Å². The molecule has 0 atom stereocenters. The van der Waals surface area contributed by atoms with Gasteiger partial charge in [-0.1, -0.05) is 30.0 Å². The molecule has 2 aromatic heterocycles. The Morgan fingerprint density at radius 3 is 2.84 bits per heavy atom. The number of carbonyl (C=O) groups is 1. The third-order valence-electron chi connectivity index (χ3n) is 3.49. The van der Waals surface area contributed by atoms with Gasteiger partial charge in [-0.05, 0) is 23.8 Å². The van der Waals surface area contributed by atoms with Gasteiger partial charge in [0, 0.05) is 26.0 Å². The predicted octanol–water partition coefficient (Wildman–Crippen LogP) is 2.42. The first-order chi connectivity index (χ1) is 12.1. The van der Waals surface area contributed by atoms with Gasteiger partial charge in [-0.25, -0.2) is 4.39 Å². The molecule has 0 fully saturated rings. The minimum Gasteiger partial charge on any atom is -0.351 e. The molecule has 8 heteroatoms. The standard InChI is InChI=1S/C17H16FN5OS/c1-23-16(13-6-2-3-7-14(13)18)21-22-17(23)25-11-15(24)20-10-12-5-4-8-19-9-12/h2-9H,10-11H2,1H3,(H,20,24). The summed E-state index contributed by atoms with van der Waals surface area (Å²) < 4.78 is 15.6. The van der Waals surface area contributed by atoms with Crippen LogP contribution in [0.4, 0.5) is 4.39 Å². The van der Waals surface area contributed by atoms with Crippen LogP contribution >= 0.6 is 11.8 Å². The van der Waals surface area contributed by atoms with Gasteiger partial charge in [0.05, 0.1) is 11.3 Å². The topological polar surface area (TPSA) is 72.7 Å². The summed E-state index contributed by atoms with van der Waals surface area (Å²) in [4.78, 5) is 16.0. The van der Waals surface area contributed by atoms with E-state index in [1.807, 2.05) is 12.1 Å². The Morgan fingerprint density at radius 2 is 2.08 bits per heavy atom. The molecule has 3 aromatic rings. The maximum Gasteiger partial charge on any atom is 0.230 e. The van der Waals surface area contributed by atoms with Crippen molar-refractivity contribution in [3.8, 4) is 11.4 Å². The minimum absolute atomic E-state index is 0.121. The summed E-state index contributed by atoms with van der Waals surface area (Å²) in [5.41, 5.74) is 1.31. The lowest BCUT2D eigenvalue weighted by Gasteiger charge is -2.06. The van der Waals surface area contributed by atoms with Crippen LogP contribution < -0.4 is 5.32 Å². The van der Waals surface area contributed by atoms with E-state index in [2.05, 4.69) is 20.5 Å². The SMILES string of the molecule is Cn1c(SCC(=O)NCc2cccnc2)nnc1-c1ccccc1F. The summed E-state index contributed by atoms with van der Waals surface area (Å²) in [6.45, 7) is 0.423. The van der Waals surface area contributed by atoms with Gasteiger partial charge in [0.2, 0.25) is 5.91 Å². The van der Waals surface area contributed by atoms with Gasteiger partial charge >= 0.3 is 0 Å². The number of amides is 1. The summed E-state index contributed by atoms with van der Waals surface area (Å²) in [6, 6.07) is 10.1. The van der Waals surface area contributed by atoms with Crippen LogP contribution in [0.2, 0.25) is 0 Å². The summed E-state index contributed by atoms with van der Waals surface area (Å²) in [7, 11) is 1.75. The summed E-state index contributed by atoms with van der Waals surface area (Å²) >= 11 is 1.25. The normalized spacial score (nSPS) is 10.6. The van der Waals surface area contributed by atoms with Crippen molar-refractivity contribution in [2.45, 2.75) is 11.7 Å². The average molecular weight is 357 g/mol. The van der Waals surface area contributed by atoms with Crippen molar-refractivity contribution in [3.63, 3.8) is 0 Å². The zero-order valence-corrected chi connectivity index (χ0v) is 14.3. The zero-order chi connectivity index (χ0) is 17.6. The molecule has 0 bridgehead atoms. The van der Waals surface area contributed by atoms with Crippen LogP contribution in [0.1, 0.15) is 5.56 Å². The van der Waals surface area contributed by atoms with Gasteiger partial charge < -0.3 is 9.88 Å². The second kappa shape index (κ2) is 7.89. The number of hydrogen-bond acceptors (Lipinski definition) is 5. The number of nitrogens with one attached hydrogen (secondary N) is 1. The Hall–Kier alpha value is -2.74. The van der Waals surface area contributed by atoms with Crippen LogP contribution in [0.3, 0.4) is 0 Å². The van der Waals surface area contributed by atoms with Crippen LogP contribution in [-0.2, 0) is 18.4 Å². The average Bonchev–Trinajstić information content (AvgIpc) is 3.00. The molecule has 0 aliphatic heterocycles. The number of carbonyl (C=O) groups excluding carboxylic acids is 1. The van der Waals surface area contributed by atoms with E-state index < -0.39 is 0 Å². The Labute approximate surface area is 148 Å². The first-order valence-electron chi connectivity index (χ1n) is 7.58. The number of nitrogens with zero attached hydrogens (tertiary/aromatic N) is 4. The molecule has 3 rings (SSSR count). The second-order valence-electron chi connectivity index (χ2n) is 5.27. The van der Waals surface area contributed by atoms with E-state index in [9.17, 15) is 9.18 Å². The largest absolute Gasteiger partial charge is 0.351 e. The molecule has 0 spiro atoms. The fourth-order valence-electron chi connectivity index (χ4n) is 2.20. The fraction of sp³-hybridized carbons (Fsp3) is 0.176. The molecule has 1 N–H and O–H groups in total. The Kier molecular flexibility index (Phi) is 5.39. The number of thioether (sulfide) groups is 1. The van der Waals surface area contributed by atoms with E-state index in [-0.39, 0.29) is 17.5 Å². The van der Waals surface area contributed by atoms with E-state index in [0.29, 0.717) is 23.1 Å². The molecule has 0 radical (unpaired) electrons. The number of halogens is 1. The molecule has 2 heterocycles. The van der Waals surface area contributed by atoms with Crippen molar-refractivity contribution in [1.82, 2.24) is 25.1 Å². The van der Waals surface area contributed by atoms with Gasteiger partial charge in [0.1, 0.15) is 5.82 Å². The molecule has 1 amide bonds. The molecule has 6 nitrogen and oxygen atoms in total. The number of benzene rings is 1. The Balaban J connectivity index is 1.59. The lowest BCUT2D eigenvalue weighted by molar-refractivity contribution is -0.118. The molecule has 25 heavy (non-hydrogen) atoms. The summed E-state index contributed by atoms with van der Waals surface area (Å²) in [5, 5.41) is 11.4. The van der Waals surface area contributed by atoms with E-state index in [4.69, 9.17) is 0 Å². The molecular formula is C17H16FN5OS. The highest BCUT2D eigenvalue weighted by molar-refractivity contribution is 7.99. The first kappa shape index (κ1) is 17.1. The fourth-order valence-corrected chi connectivity index (χ4v) is 2.94. The Morgan fingerprint density at radius 1 is 1.24 bits per heavy atom. The zero-order valence-electron chi connectivity index (χ0n) is 13.5. The van der Waals surface area contributed by atoms with E-state index in [1.54, 1.807) is 42.2 Å². The van der Waals surface area contributed by atoms with Crippen molar-refractivity contribution in [2.24, 2.45) is 7.05 Å². The Bertz CT molecular complexity index is 868. The van der Waals surface area contributed by atoms with Crippen LogP contribution in [0.15, 0.2) is 53.9 Å². The number of hydrogen-bond donors (Lipinski definition) is 1. The van der Waals surface area contributed by atoms with Crippen molar-refractivity contribution >= 4 is 17.7 Å².